The van der Waals surface area contributed by atoms with Gasteiger partial charge in [-0.1, -0.05) is 59.8 Å². The van der Waals surface area contributed by atoms with Crippen molar-refractivity contribution in [1.82, 2.24) is 15.0 Å². The van der Waals surface area contributed by atoms with Gasteiger partial charge >= 0.3 is 5.97 Å². The molecule has 6 nitrogen and oxygen atoms in total. The number of carbonyl (C=O) groups excluding carboxylic acids is 1. The van der Waals surface area contributed by atoms with Gasteiger partial charge in [0, 0.05) is 5.56 Å². The second kappa shape index (κ2) is 8.05. The molecule has 0 fully saturated rings. The van der Waals surface area contributed by atoms with E-state index in [4.69, 9.17) is 4.74 Å². The van der Waals surface area contributed by atoms with Crippen LogP contribution in [0.2, 0.25) is 0 Å². The summed E-state index contributed by atoms with van der Waals surface area (Å²) in [5, 5.41) is 18.1. The molecular formula is C22H22N4O2. The predicted octanol–water partition coefficient (Wildman–Crippen LogP) is 3.94. The van der Waals surface area contributed by atoms with Gasteiger partial charge in [-0.2, -0.15) is 5.26 Å². The van der Waals surface area contributed by atoms with Gasteiger partial charge in [-0.15, -0.1) is 5.10 Å². The Labute approximate surface area is 164 Å². The molecule has 1 heterocycles. The van der Waals surface area contributed by atoms with Gasteiger partial charge < -0.3 is 4.74 Å². The van der Waals surface area contributed by atoms with Crippen molar-refractivity contribution < 1.29 is 9.53 Å². The molecule has 0 bridgehead atoms. The molecule has 0 saturated carbocycles. The predicted molar refractivity (Wildman–Crippen MR) is 105 cm³/mol. The highest BCUT2D eigenvalue weighted by molar-refractivity contribution is 5.85. The highest BCUT2D eigenvalue weighted by Gasteiger charge is 2.29. The quantitative estimate of drug-likeness (QED) is 0.632. The lowest BCUT2D eigenvalue weighted by Crippen LogP contribution is -2.27. The van der Waals surface area contributed by atoms with Crippen molar-refractivity contribution in [3.8, 4) is 17.3 Å². The molecule has 1 aromatic heterocycles. The minimum absolute atomic E-state index is 0.561. The standard InChI is InChI=1S/C22H22N4O2/c1-22(2,3)28-21(27)19(13-23)17-11-7-8-12-18(17)20-15-26(25-24-20)14-16-9-5-4-6-10-16/h4-12,15,19H,14H2,1-3H3. The van der Waals surface area contributed by atoms with Gasteiger partial charge in [-0.05, 0) is 31.9 Å². The average Bonchev–Trinajstić information content (AvgIpc) is 3.10. The monoisotopic (exact) mass is 374 g/mol. The van der Waals surface area contributed by atoms with Crippen LogP contribution < -0.4 is 0 Å². The fourth-order valence-corrected chi connectivity index (χ4v) is 2.86. The van der Waals surface area contributed by atoms with Crippen LogP contribution in [0.15, 0.2) is 60.8 Å². The van der Waals surface area contributed by atoms with Crippen molar-refractivity contribution in [3.05, 3.63) is 71.9 Å². The van der Waals surface area contributed by atoms with E-state index in [1.54, 1.807) is 37.6 Å². The van der Waals surface area contributed by atoms with E-state index in [-0.39, 0.29) is 0 Å². The fraction of sp³-hybridized carbons (Fsp3) is 0.273. The van der Waals surface area contributed by atoms with Gasteiger partial charge in [0.1, 0.15) is 11.3 Å². The third-order valence-electron chi connectivity index (χ3n) is 4.05. The zero-order chi connectivity index (χ0) is 20.1. The lowest BCUT2D eigenvalue weighted by atomic mass is 9.93. The van der Waals surface area contributed by atoms with E-state index in [1.165, 1.54) is 0 Å². The van der Waals surface area contributed by atoms with E-state index in [1.807, 2.05) is 48.7 Å². The van der Waals surface area contributed by atoms with E-state index >= 15 is 0 Å². The smallest absolute Gasteiger partial charge is 0.328 e. The van der Waals surface area contributed by atoms with Crippen LogP contribution in [0.25, 0.3) is 11.3 Å². The molecule has 3 aromatic rings. The maximum atomic E-state index is 12.5. The number of hydrogen-bond acceptors (Lipinski definition) is 5. The molecule has 0 aliphatic heterocycles. The SMILES string of the molecule is CC(C)(C)OC(=O)C(C#N)c1ccccc1-c1cn(Cc2ccccc2)nn1. The molecule has 2 aromatic carbocycles. The Bertz CT molecular complexity index is 997. The summed E-state index contributed by atoms with van der Waals surface area (Å²) in [4.78, 5) is 12.5. The van der Waals surface area contributed by atoms with Gasteiger partial charge in [0.2, 0.25) is 0 Å². The molecule has 1 atom stereocenters. The molecule has 3 rings (SSSR count). The summed E-state index contributed by atoms with van der Waals surface area (Å²) in [6.45, 7) is 5.92. The first-order valence-electron chi connectivity index (χ1n) is 9.03. The number of rotatable bonds is 5. The molecule has 1 unspecified atom stereocenters. The first-order chi connectivity index (χ1) is 13.4. The Kier molecular flexibility index (Phi) is 5.55. The van der Waals surface area contributed by atoms with Crippen molar-refractivity contribution in [2.24, 2.45) is 0 Å². The number of benzene rings is 2. The van der Waals surface area contributed by atoms with Gasteiger partial charge in [0.25, 0.3) is 0 Å². The normalized spacial score (nSPS) is 12.2. The molecule has 0 saturated heterocycles. The van der Waals surface area contributed by atoms with Crippen molar-refractivity contribution >= 4 is 5.97 Å². The molecule has 142 valence electrons. The molecule has 0 aliphatic rings. The highest BCUT2D eigenvalue weighted by atomic mass is 16.6. The van der Waals surface area contributed by atoms with Crippen LogP contribution in [-0.2, 0) is 16.1 Å². The van der Waals surface area contributed by atoms with E-state index in [9.17, 15) is 10.1 Å². The van der Waals surface area contributed by atoms with Crippen molar-refractivity contribution in [2.75, 3.05) is 0 Å². The second-order valence-electron chi connectivity index (χ2n) is 7.47. The molecule has 0 N–H and O–H groups in total. The van der Waals surface area contributed by atoms with Crippen LogP contribution in [0, 0.1) is 11.3 Å². The maximum absolute atomic E-state index is 12.5. The van der Waals surface area contributed by atoms with Crippen LogP contribution in [0.4, 0.5) is 0 Å². The third kappa shape index (κ3) is 4.63. The Balaban J connectivity index is 1.90. The summed E-state index contributed by atoms with van der Waals surface area (Å²) in [6, 6.07) is 19.2. The summed E-state index contributed by atoms with van der Waals surface area (Å²) in [6.07, 6.45) is 1.81. The van der Waals surface area contributed by atoms with Crippen molar-refractivity contribution in [1.29, 1.82) is 5.26 Å². The first kappa shape index (κ1) is 19.3. The molecular weight excluding hydrogens is 352 g/mol. The number of hydrogen-bond donors (Lipinski definition) is 0. The second-order valence-corrected chi connectivity index (χ2v) is 7.47. The minimum atomic E-state index is -1.03. The number of ether oxygens (including phenoxy) is 1. The fourth-order valence-electron chi connectivity index (χ4n) is 2.86. The van der Waals surface area contributed by atoms with Crippen molar-refractivity contribution in [2.45, 2.75) is 38.8 Å². The minimum Gasteiger partial charge on any atom is -0.459 e. The van der Waals surface area contributed by atoms with E-state index < -0.39 is 17.5 Å². The lowest BCUT2D eigenvalue weighted by molar-refractivity contribution is -0.155. The lowest BCUT2D eigenvalue weighted by Gasteiger charge is -2.22. The summed E-state index contributed by atoms with van der Waals surface area (Å²) >= 11 is 0. The van der Waals surface area contributed by atoms with Gasteiger partial charge in [-0.25, -0.2) is 4.68 Å². The van der Waals surface area contributed by atoms with Crippen LogP contribution in [0.5, 0.6) is 0 Å². The average molecular weight is 374 g/mol. The topological polar surface area (TPSA) is 80.8 Å². The Hall–Kier alpha value is -3.46. The zero-order valence-corrected chi connectivity index (χ0v) is 16.2. The number of nitriles is 1. The van der Waals surface area contributed by atoms with Crippen LogP contribution >= 0.6 is 0 Å². The zero-order valence-electron chi connectivity index (χ0n) is 16.2. The van der Waals surface area contributed by atoms with Gasteiger partial charge in [0.05, 0.1) is 18.8 Å². The van der Waals surface area contributed by atoms with Crippen LogP contribution in [0.3, 0.4) is 0 Å². The molecule has 0 spiro atoms. The van der Waals surface area contributed by atoms with Crippen molar-refractivity contribution in [3.63, 3.8) is 0 Å². The largest absolute Gasteiger partial charge is 0.459 e. The van der Waals surface area contributed by atoms with Crippen LogP contribution in [-0.4, -0.2) is 26.6 Å². The highest BCUT2D eigenvalue weighted by Crippen LogP contribution is 2.29. The maximum Gasteiger partial charge on any atom is 0.328 e. The summed E-state index contributed by atoms with van der Waals surface area (Å²) in [7, 11) is 0. The van der Waals surface area contributed by atoms with E-state index in [0.717, 1.165) is 5.56 Å². The summed E-state index contributed by atoms with van der Waals surface area (Å²) in [5.41, 5.74) is 2.30. The number of aromatic nitrogens is 3. The summed E-state index contributed by atoms with van der Waals surface area (Å²) < 4.78 is 7.15. The third-order valence-corrected chi connectivity index (χ3v) is 4.05. The van der Waals surface area contributed by atoms with Gasteiger partial charge in [-0.3, -0.25) is 4.79 Å². The number of carbonyl (C=O) groups is 1. The molecule has 6 heteroatoms. The van der Waals surface area contributed by atoms with E-state index in [0.29, 0.717) is 23.4 Å². The summed E-state index contributed by atoms with van der Waals surface area (Å²) in [5.74, 6) is -1.60. The van der Waals surface area contributed by atoms with Gasteiger partial charge in [0.15, 0.2) is 5.92 Å². The molecule has 0 radical (unpaired) electrons. The molecule has 0 aliphatic carbocycles. The molecule has 28 heavy (non-hydrogen) atoms. The Morgan fingerprint density at radius 2 is 1.82 bits per heavy atom. The van der Waals surface area contributed by atoms with Crippen LogP contribution in [0.1, 0.15) is 37.8 Å². The first-order valence-corrected chi connectivity index (χ1v) is 9.03. The molecule has 0 amide bonds. The number of esters is 1. The van der Waals surface area contributed by atoms with E-state index in [2.05, 4.69) is 16.4 Å². The Morgan fingerprint density at radius 1 is 1.14 bits per heavy atom. The number of nitrogens with zero attached hydrogens (tertiary/aromatic N) is 4. The Morgan fingerprint density at radius 3 is 2.50 bits per heavy atom.